The van der Waals surface area contributed by atoms with Crippen molar-refractivity contribution in [3.8, 4) is 0 Å². The molecule has 0 saturated carbocycles. The van der Waals surface area contributed by atoms with Crippen molar-refractivity contribution in [2.45, 2.75) is 25.8 Å². The largest absolute Gasteiger partial charge is 0.453 e. The van der Waals surface area contributed by atoms with E-state index in [1.165, 1.54) is 7.11 Å². The average molecular weight is 349 g/mol. The van der Waals surface area contributed by atoms with Crippen LogP contribution in [0.1, 0.15) is 19.8 Å². The second-order valence-electron chi connectivity index (χ2n) is 5.80. The highest BCUT2D eigenvalue weighted by atomic mass is 16.5. The van der Waals surface area contributed by atoms with Crippen LogP contribution in [0, 0.1) is 5.92 Å². The first kappa shape index (κ1) is 18.7. The van der Waals surface area contributed by atoms with Crippen LogP contribution in [0.25, 0.3) is 0 Å². The molecule has 1 fully saturated rings. The van der Waals surface area contributed by atoms with E-state index in [2.05, 4.69) is 20.7 Å². The molecule has 8 heteroatoms. The van der Waals surface area contributed by atoms with Crippen LogP contribution in [0.5, 0.6) is 0 Å². The Labute approximate surface area is 146 Å². The first-order valence-corrected chi connectivity index (χ1v) is 8.13. The number of carbonyl (C=O) groups excluding carboxylic acids is 3. The fourth-order valence-electron chi connectivity index (χ4n) is 2.41. The van der Waals surface area contributed by atoms with Gasteiger partial charge in [-0.15, -0.1) is 0 Å². The van der Waals surface area contributed by atoms with E-state index in [-0.39, 0.29) is 17.7 Å². The average Bonchev–Trinajstić information content (AvgIpc) is 2.63. The molecule has 8 nitrogen and oxygen atoms in total. The summed E-state index contributed by atoms with van der Waals surface area (Å²) in [5.41, 5.74) is 1.11. The smallest absolute Gasteiger partial charge is 0.411 e. The summed E-state index contributed by atoms with van der Waals surface area (Å²) in [6.45, 7) is 2.79. The van der Waals surface area contributed by atoms with Crippen molar-refractivity contribution in [3.63, 3.8) is 0 Å². The Morgan fingerprint density at radius 1 is 1.08 bits per heavy atom. The van der Waals surface area contributed by atoms with Gasteiger partial charge in [-0.1, -0.05) is 0 Å². The number of benzene rings is 1. The molecule has 0 bridgehead atoms. The molecule has 1 aromatic carbocycles. The molecule has 1 aliphatic rings. The lowest BCUT2D eigenvalue weighted by Gasteiger charge is -2.23. The van der Waals surface area contributed by atoms with Gasteiger partial charge in [0.1, 0.15) is 6.04 Å². The molecule has 136 valence electrons. The third-order valence-corrected chi connectivity index (χ3v) is 3.93. The third-order valence-electron chi connectivity index (χ3n) is 3.93. The Morgan fingerprint density at radius 2 is 1.64 bits per heavy atom. The first-order chi connectivity index (χ1) is 12.0. The molecule has 3 N–H and O–H groups in total. The van der Waals surface area contributed by atoms with Gasteiger partial charge in [0.15, 0.2) is 0 Å². The fraction of sp³-hybridized carbons (Fsp3) is 0.471. The van der Waals surface area contributed by atoms with Crippen LogP contribution >= 0.6 is 0 Å². The zero-order valence-corrected chi connectivity index (χ0v) is 14.3. The minimum Gasteiger partial charge on any atom is -0.453 e. The van der Waals surface area contributed by atoms with Crippen molar-refractivity contribution in [1.29, 1.82) is 0 Å². The lowest BCUT2D eigenvalue weighted by Crippen LogP contribution is -2.45. The number of amides is 3. The van der Waals surface area contributed by atoms with E-state index in [9.17, 15) is 14.4 Å². The van der Waals surface area contributed by atoms with Crippen LogP contribution in [0.4, 0.5) is 16.2 Å². The first-order valence-electron chi connectivity index (χ1n) is 8.13. The number of hydrogen-bond donors (Lipinski definition) is 3. The minimum absolute atomic E-state index is 0.104. The van der Waals surface area contributed by atoms with Crippen LogP contribution in [0.2, 0.25) is 0 Å². The second-order valence-corrected chi connectivity index (χ2v) is 5.80. The van der Waals surface area contributed by atoms with Gasteiger partial charge in [-0.25, -0.2) is 4.79 Å². The van der Waals surface area contributed by atoms with Crippen LogP contribution in [0.15, 0.2) is 24.3 Å². The molecule has 2 rings (SSSR count). The van der Waals surface area contributed by atoms with Crippen molar-refractivity contribution in [1.82, 2.24) is 5.32 Å². The molecular weight excluding hydrogens is 326 g/mol. The van der Waals surface area contributed by atoms with Gasteiger partial charge >= 0.3 is 6.09 Å². The molecule has 1 saturated heterocycles. The molecule has 0 radical (unpaired) electrons. The highest BCUT2D eigenvalue weighted by molar-refractivity contribution is 5.97. The topological polar surface area (TPSA) is 106 Å². The molecule has 25 heavy (non-hydrogen) atoms. The molecular formula is C17H23N3O5. The quantitative estimate of drug-likeness (QED) is 0.751. The predicted molar refractivity (Wildman–Crippen MR) is 92.2 cm³/mol. The highest BCUT2D eigenvalue weighted by Crippen LogP contribution is 2.16. The maximum Gasteiger partial charge on any atom is 0.411 e. The summed E-state index contributed by atoms with van der Waals surface area (Å²) < 4.78 is 9.73. The summed E-state index contributed by atoms with van der Waals surface area (Å²) >= 11 is 0. The monoisotopic (exact) mass is 349 g/mol. The lowest BCUT2D eigenvalue weighted by molar-refractivity contribution is -0.131. The Kier molecular flexibility index (Phi) is 6.76. The highest BCUT2D eigenvalue weighted by Gasteiger charge is 2.24. The Bertz CT molecular complexity index is 611. The maximum atomic E-state index is 12.2. The number of nitrogens with one attached hydrogen (secondary N) is 3. The molecule has 0 aliphatic carbocycles. The van der Waals surface area contributed by atoms with E-state index < -0.39 is 12.1 Å². The summed E-state index contributed by atoms with van der Waals surface area (Å²) in [6, 6.07) is 5.92. The normalized spacial score (nSPS) is 15.8. The molecule has 1 heterocycles. The van der Waals surface area contributed by atoms with Crippen molar-refractivity contribution in [2.24, 2.45) is 5.92 Å². The number of anilines is 2. The Hall–Kier alpha value is -2.61. The van der Waals surface area contributed by atoms with Crippen LogP contribution < -0.4 is 16.0 Å². The van der Waals surface area contributed by atoms with Gasteiger partial charge < -0.3 is 20.1 Å². The van der Waals surface area contributed by atoms with E-state index in [1.54, 1.807) is 31.2 Å². The van der Waals surface area contributed by atoms with Gasteiger partial charge in [0.25, 0.3) is 0 Å². The SMILES string of the molecule is COC(=O)Nc1ccc(NC(=O)[C@@H](C)NC(=O)C2CCOCC2)cc1. The van der Waals surface area contributed by atoms with Gasteiger partial charge in [0, 0.05) is 30.5 Å². The lowest BCUT2D eigenvalue weighted by atomic mass is 9.99. The molecule has 3 amide bonds. The van der Waals surface area contributed by atoms with Crippen molar-refractivity contribution in [3.05, 3.63) is 24.3 Å². The summed E-state index contributed by atoms with van der Waals surface area (Å²) in [5.74, 6) is -0.537. The van der Waals surface area contributed by atoms with Crippen molar-refractivity contribution in [2.75, 3.05) is 31.0 Å². The second kappa shape index (κ2) is 9.03. The zero-order chi connectivity index (χ0) is 18.2. The van der Waals surface area contributed by atoms with E-state index in [0.717, 1.165) is 0 Å². The van der Waals surface area contributed by atoms with Crippen molar-refractivity contribution < 1.29 is 23.9 Å². The number of ether oxygens (including phenoxy) is 2. The van der Waals surface area contributed by atoms with Crippen LogP contribution in [-0.2, 0) is 19.1 Å². The van der Waals surface area contributed by atoms with Gasteiger partial charge in [0.2, 0.25) is 11.8 Å². The third kappa shape index (κ3) is 5.75. The number of hydrogen-bond acceptors (Lipinski definition) is 5. The predicted octanol–water partition coefficient (Wildman–Crippen LogP) is 1.73. The van der Waals surface area contributed by atoms with Gasteiger partial charge in [-0.2, -0.15) is 0 Å². The van der Waals surface area contributed by atoms with E-state index >= 15 is 0 Å². The molecule has 0 aromatic heterocycles. The summed E-state index contributed by atoms with van der Waals surface area (Å²) in [5, 5.41) is 7.97. The number of rotatable bonds is 5. The Balaban J connectivity index is 1.83. The van der Waals surface area contributed by atoms with Gasteiger partial charge in [-0.3, -0.25) is 14.9 Å². The van der Waals surface area contributed by atoms with Crippen molar-refractivity contribution >= 4 is 29.3 Å². The summed E-state index contributed by atoms with van der Waals surface area (Å²) in [7, 11) is 1.28. The van der Waals surface area contributed by atoms with E-state index in [0.29, 0.717) is 37.4 Å². The summed E-state index contributed by atoms with van der Waals surface area (Å²) in [4.78, 5) is 35.5. The fourth-order valence-corrected chi connectivity index (χ4v) is 2.41. The van der Waals surface area contributed by atoms with Crippen LogP contribution in [-0.4, -0.2) is 44.3 Å². The van der Waals surface area contributed by atoms with E-state index in [4.69, 9.17) is 4.74 Å². The molecule has 1 atom stereocenters. The molecule has 1 aliphatic heterocycles. The standard InChI is InChI=1S/C17H23N3O5/c1-11(18-16(22)12-7-9-25-10-8-12)15(21)19-13-3-5-14(6-4-13)20-17(23)24-2/h3-6,11-12H,7-10H2,1-2H3,(H,18,22)(H,19,21)(H,20,23)/t11-/m1/s1. The number of methoxy groups -OCH3 is 1. The van der Waals surface area contributed by atoms with Gasteiger partial charge in [-0.05, 0) is 44.0 Å². The molecule has 0 spiro atoms. The maximum absolute atomic E-state index is 12.2. The van der Waals surface area contributed by atoms with E-state index in [1.807, 2.05) is 0 Å². The van der Waals surface area contributed by atoms with Gasteiger partial charge in [0.05, 0.1) is 7.11 Å². The molecule has 0 unspecified atom stereocenters. The molecule has 1 aromatic rings. The zero-order valence-electron chi connectivity index (χ0n) is 14.3. The summed E-state index contributed by atoms with van der Waals surface area (Å²) in [6.07, 6.45) is 0.783. The number of carbonyl (C=O) groups is 3. The minimum atomic E-state index is -0.650. The Morgan fingerprint density at radius 3 is 2.20 bits per heavy atom. The van der Waals surface area contributed by atoms with Crippen LogP contribution in [0.3, 0.4) is 0 Å².